The van der Waals surface area contributed by atoms with Crippen LogP contribution in [0.2, 0.25) is 0 Å². The number of thioether (sulfide) groups is 1. The summed E-state index contributed by atoms with van der Waals surface area (Å²) in [6.45, 7) is -0.117. The fraction of sp³-hybridized carbons (Fsp3) is 0.233. The third-order valence-corrected chi connectivity index (χ3v) is 6.92. The fourth-order valence-electron chi connectivity index (χ4n) is 4.13. The van der Waals surface area contributed by atoms with Crippen LogP contribution in [0.3, 0.4) is 0 Å². The molecule has 0 aliphatic heterocycles. The summed E-state index contributed by atoms with van der Waals surface area (Å²) in [5.41, 5.74) is 3.29. The van der Waals surface area contributed by atoms with Gasteiger partial charge >= 0.3 is 5.97 Å². The van der Waals surface area contributed by atoms with Gasteiger partial charge in [-0.05, 0) is 40.3 Å². The Morgan fingerprint density at radius 3 is 2.11 bits per heavy atom. The molecule has 1 unspecified atom stereocenters. The van der Waals surface area contributed by atoms with E-state index in [0.29, 0.717) is 11.5 Å². The Morgan fingerprint density at radius 1 is 0.806 bits per heavy atom. The predicted octanol–water partition coefficient (Wildman–Crippen LogP) is 5.75. The lowest BCUT2D eigenvalue weighted by atomic mass is 10.0. The van der Waals surface area contributed by atoms with Gasteiger partial charge in [-0.1, -0.05) is 91.0 Å². The van der Waals surface area contributed by atoms with Gasteiger partial charge in [0.1, 0.15) is 11.9 Å². The van der Waals surface area contributed by atoms with Crippen LogP contribution in [0.5, 0.6) is 5.75 Å². The monoisotopic (exact) mass is 502 g/mol. The van der Waals surface area contributed by atoms with Gasteiger partial charge < -0.3 is 19.7 Å². The first kappa shape index (κ1) is 25.8. The Hall–Kier alpha value is -3.32. The van der Waals surface area contributed by atoms with E-state index < -0.39 is 12.1 Å². The van der Waals surface area contributed by atoms with Gasteiger partial charge in [-0.25, -0.2) is 4.79 Å². The van der Waals surface area contributed by atoms with E-state index in [9.17, 15) is 9.90 Å². The molecule has 0 saturated carbocycles. The molecule has 6 heteroatoms. The quantitative estimate of drug-likeness (QED) is 0.227. The number of hydrogen-bond acceptors (Lipinski definition) is 5. The minimum absolute atomic E-state index is 0.222. The van der Waals surface area contributed by atoms with Crippen LogP contribution in [0, 0.1) is 0 Å². The highest BCUT2D eigenvalue weighted by Gasteiger charge is 2.16. The molecule has 5 nitrogen and oxygen atoms in total. The molecule has 2 N–H and O–H groups in total. The number of fused-ring (bicyclic) bond motifs is 1. The molecule has 1 atom stereocenters. The van der Waals surface area contributed by atoms with Crippen LogP contribution >= 0.6 is 11.8 Å². The Balaban J connectivity index is 1.30. The Morgan fingerprint density at radius 2 is 1.44 bits per heavy atom. The molecule has 0 aliphatic rings. The number of aliphatic hydroxyl groups is 1. The van der Waals surface area contributed by atoms with Crippen molar-refractivity contribution < 1.29 is 24.5 Å². The zero-order valence-electron chi connectivity index (χ0n) is 20.0. The van der Waals surface area contributed by atoms with Crippen molar-refractivity contribution in [1.82, 2.24) is 0 Å². The summed E-state index contributed by atoms with van der Waals surface area (Å²) in [7, 11) is 0. The van der Waals surface area contributed by atoms with Gasteiger partial charge in [0.2, 0.25) is 0 Å². The summed E-state index contributed by atoms with van der Waals surface area (Å²) in [6.07, 6.45) is 0.0305. The summed E-state index contributed by atoms with van der Waals surface area (Å²) in [5.74, 6) is 0.995. The highest BCUT2D eigenvalue weighted by Crippen LogP contribution is 2.29. The third-order valence-electron chi connectivity index (χ3n) is 5.81. The van der Waals surface area contributed by atoms with Crippen LogP contribution in [0.1, 0.15) is 22.8 Å². The second-order valence-corrected chi connectivity index (χ2v) is 9.61. The Labute approximate surface area is 215 Å². The van der Waals surface area contributed by atoms with Crippen LogP contribution in [-0.4, -0.2) is 47.0 Å². The normalized spacial score (nSPS) is 12.1. The molecule has 4 rings (SSSR count). The van der Waals surface area contributed by atoms with Crippen LogP contribution in [0.25, 0.3) is 10.8 Å². The van der Waals surface area contributed by atoms with Crippen molar-refractivity contribution in [3.8, 4) is 5.75 Å². The lowest BCUT2D eigenvalue weighted by Gasteiger charge is -2.21. The number of benzene rings is 4. The molecule has 0 bridgehead atoms. The highest BCUT2D eigenvalue weighted by molar-refractivity contribution is 7.99. The number of ether oxygens (including phenoxy) is 2. The van der Waals surface area contributed by atoms with Crippen molar-refractivity contribution in [2.45, 2.75) is 18.6 Å². The van der Waals surface area contributed by atoms with E-state index in [-0.39, 0.29) is 19.3 Å². The molecule has 4 aromatic carbocycles. The molecular weight excluding hydrogens is 472 g/mol. The van der Waals surface area contributed by atoms with Crippen molar-refractivity contribution >= 4 is 28.5 Å². The van der Waals surface area contributed by atoms with Gasteiger partial charge in [0.15, 0.2) is 6.61 Å². The molecule has 4 aromatic rings. The van der Waals surface area contributed by atoms with Crippen molar-refractivity contribution in [3.63, 3.8) is 0 Å². The zero-order valence-corrected chi connectivity index (χ0v) is 20.8. The molecule has 0 fully saturated rings. The summed E-state index contributed by atoms with van der Waals surface area (Å²) in [4.78, 5) is 10.9. The van der Waals surface area contributed by atoms with E-state index in [2.05, 4.69) is 6.07 Å². The first-order chi connectivity index (χ1) is 17.6. The van der Waals surface area contributed by atoms with E-state index in [0.717, 1.165) is 34.1 Å². The molecule has 36 heavy (non-hydrogen) atoms. The van der Waals surface area contributed by atoms with E-state index >= 15 is 0 Å². The second kappa shape index (κ2) is 13.1. The summed E-state index contributed by atoms with van der Waals surface area (Å²) < 4.78 is 11.6. The standard InChI is InChI=1S/C30H30O5S/c31-25(19-35-30(23-9-3-1-4-10-23)24-11-5-2-6-12-24)21-36-18-17-22-13-7-15-27-26(22)14-8-16-28(27)34-20-29(32)33/h1-16,25,30-31H,17-21H2,(H,32,33). The first-order valence-electron chi connectivity index (χ1n) is 11.9. The van der Waals surface area contributed by atoms with Gasteiger partial charge in [0.25, 0.3) is 0 Å². The topological polar surface area (TPSA) is 76.0 Å². The summed E-state index contributed by atoms with van der Waals surface area (Å²) in [5, 5.41) is 21.5. The van der Waals surface area contributed by atoms with Gasteiger partial charge in [-0.3, -0.25) is 0 Å². The summed E-state index contributed by atoms with van der Waals surface area (Å²) in [6, 6.07) is 31.8. The van der Waals surface area contributed by atoms with E-state index in [1.54, 1.807) is 17.8 Å². The number of hydrogen-bond donors (Lipinski definition) is 2. The third kappa shape index (κ3) is 7.10. The SMILES string of the molecule is O=C(O)COc1cccc2c(CCSCC(O)COC(c3ccccc3)c3ccccc3)cccc12. The molecule has 0 heterocycles. The molecular formula is C30H30O5S. The van der Waals surface area contributed by atoms with Gasteiger partial charge in [-0.2, -0.15) is 11.8 Å². The van der Waals surface area contributed by atoms with E-state index in [1.165, 1.54) is 5.56 Å². The maximum atomic E-state index is 10.9. The molecule has 0 radical (unpaired) electrons. The molecule has 0 amide bonds. The van der Waals surface area contributed by atoms with Gasteiger partial charge in [0.05, 0.1) is 12.7 Å². The molecule has 0 spiro atoms. The van der Waals surface area contributed by atoms with Crippen molar-refractivity contribution in [2.75, 3.05) is 24.7 Å². The minimum atomic E-state index is -0.999. The fourth-order valence-corrected chi connectivity index (χ4v) is 5.03. The van der Waals surface area contributed by atoms with Crippen LogP contribution in [-0.2, 0) is 16.0 Å². The lowest BCUT2D eigenvalue weighted by molar-refractivity contribution is -0.139. The maximum absolute atomic E-state index is 10.9. The maximum Gasteiger partial charge on any atom is 0.341 e. The average Bonchev–Trinajstić information content (AvgIpc) is 2.91. The average molecular weight is 503 g/mol. The lowest BCUT2D eigenvalue weighted by Crippen LogP contribution is -2.21. The molecule has 186 valence electrons. The number of carboxylic acids is 1. The predicted molar refractivity (Wildman–Crippen MR) is 145 cm³/mol. The molecule has 0 aliphatic carbocycles. The summed E-state index contributed by atoms with van der Waals surface area (Å²) >= 11 is 1.69. The van der Waals surface area contributed by atoms with Crippen LogP contribution < -0.4 is 4.74 Å². The highest BCUT2D eigenvalue weighted by atomic mass is 32.2. The van der Waals surface area contributed by atoms with Crippen molar-refractivity contribution in [1.29, 1.82) is 0 Å². The van der Waals surface area contributed by atoms with Crippen LogP contribution in [0.15, 0.2) is 97.1 Å². The van der Waals surface area contributed by atoms with Gasteiger partial charge in [0, 0.05) is 11.1 Å². The number of aliphatic carboxylic acids is 1. The smallest absolute Gasteiger partial charge is 0.341 e. The Bertz CT molecular complexity index is 1210. The number of aliphatic hydroxyl groups excluding tert-OH is 1. The minimum Gasteiger partial charge on any atom is -0.481 e. The first-order valence-corrected chi connectivity index (χ1v) is 13.1. The van der Waals surface area contributed by atoms with Crippen molar-refractivity contribution in [3.05, 3.63) is 114 Å². The largest absolute Gasteiger partial charge is 0.481 e. The molecule has 0 saturated heterocycles. The number of aryl methyl sites for hydroxylation is 1. The molecule has 0 aromatic heterocycles. The number of carbonyl (C=O) groups is 1. The number of carboxylic acid groups (broad SMARTS) is 1. The zero-order chi connectivity index (χ0) is 25.2. The Kier molecular flexibility index (Phi) is 9.39. The number of rotatable bonds is 13. The van der Waals surface area contributed by atoms with E-state index in [1.807, 2.05) is 84.9 Å². The van der Waals surface area contributed by atoms with Crippen molar-refractivity contribution in [2.24, 2.45) is 0 Å². The van der Waals surface area contributed by atoms with Crippen LogP contribution in [0.4, 0.5) is 0 Å². The second-order valence-electron chi connectivity index (χ2n) is 8.46. The van der Waals surface area contributed by atoms with Gasteiger partial charge in [-0.15, -0.1) is 0 Å². The van der Waals surface area contributed by atoms with E-state index in [4.69, 9.17) is 14.6 Å².